The predicted molar refractivity (Wildman–Crippen MR) is 73.1 cm³/mol. The number of imidazole rings is 1. The van der Waals surface area contributed by atoms with Gasteiger partial charge in [-0.3, -0.25) is 15.2 Å². The number of nitrogens with one attached hydrogen (secondary N) is 2. The first-order valence-corrected chi connectivity index (χ1v) is 6.75. The van der Waals surface area contributed by atoms with Gasteiger partial charge in [-0.25, -0.2) is 4.98 Å². The Hall–Kier alpha value is -2.34. The van der Waals surface area contributed by atoms with Gasteiger partial charge < -0.3 is 4.40 Å². The minimum Gasteiger partial charge on any atom is -0.306 e. The maximum absolute atomic E-state index is 10.6. The molecule has 0 amide bonds. The summed E-state index contributed by atoms with van der Waals surface area (Å²) < 4.78 is 2.08. The molecule has 0 unspecified atom stereocenters. The van der Waals surface area contributed by atoms with E-state index in [9.17, 15) is 4.79 Å². The maximum atomic E-state index is 10.6. The van der Waals surface area contributed by atoms with Crippen LogP contribution >= 0.6 is 0 Å². The second-order valence-electron chi connectivity index (χ2n) is 5.30. The van der Waals surface area contributed by atoms with Gasteiger partial charge in [-0.05, 0) is 30.4 Å². The number of hydrogen-bond acceptors (Lipinski definition) is 5. The number of nitrogens with zero attached hydrogens (tertiary/aromatic N) is 3. The molecule has 0 radical (unpaired) electrons. The molecule has 0 saturated heterocycles. The molecule has 6 heteroatoms. The lowest BCUT2D eigenvalue weighted by Crippen LogP contribution is -2.36. The smallest absolute Gasteiger partial charge is 0.168 e. The van der Waals surface area contributed by atoms with E-state index in [1.165, 1.54) is 18.4 Å². The quantitative estimate of drug-likeness (QED) is 0.813. The Kier molecular flexibility index (Phi) is 2.50. The van der Waals surface area contributed by atoms with E-state index in [1.807, 2.05) is 6.20 Å². The first-order chi connectivity index (χ1) is 9.81. The summed E-state index contributed by atoms with van der Waals surface area (Å²) in [6.45, 7) is 0.602. The van der Waals surface area contributed by atoms with Gasteiger partial charge in [0, 0.05) is 18.6 Å². The van der Waals surface area contributed by atoms with Crippen LogP contribution in [0.4, 0.5) is 0 Å². The van der Waals surface area contributed by atoms with E-state index in [0.29, 0.717) is 12.2 Å². The van der Waals surface area contributed by atoms with Crippen molar-refractivity contribution in [3.05, 3.63) is 47.7 Å². The van der Waals surface area contributed by atoms with E-state index < -0.39 is 0 Å². The zero-order valence-corrected chi connectivity index (χ0v) is 10.9. The van der Waals surface area contributed by atoms with Gasteiger partial charge >= 0.3 is 0 Å². The molecule has 1 saturated carbocycles. The predicted octanol–water partition coefficient (Wildman–Crippen LogP) is 1.08. The standard InChI is InChI=1S/C14H15N5O/c20-9-13-8-19(17-16-13)7-12-6-18-5-11(10-1-2-10)3-4-14(18)15-12/h3-6,8-10,16-17H,1-2,7H2. The van der Waals surface area contributed by atoms with Crippen LogP contribution in [-0.4, -0.2) is 20.7 Å². The molecule has 4 rings (SSSR count). The fourth-order valence-corrected chi connectivity index (χ4v) is 2.48. The van der Waals surface area contributed by atoms with E-state index in [1.54, 1.807) is 11.2 Å². The summed E-state index contributed by atoms with van der Waals surface area (Å²) >= 11 is 0. The SMILES string of the molecule is O=CC1=CN(Cc2cn3cc(C4CC4)ccc3n2)NN1. The van der Waals surface area contributed by atoms with Crippen molar-refractivity contribution in [2.75, 3.05) is 0 Å². The molecular weight excluding hydrogens is 254 g/mol. The molecule has 2 aliphatic rings. The minimum atomic E-state index is 0.518. The van der Waals surface area contributed by atoms with E-state index in [2.05, 4.69) is 38.7 Å². The Labute approximate surface area is 116 Å². The van der Waals surface area contributed by atoms with Crippen molar-refractivity contribution < 1.29 is 4.79 Å². The average Bonchev–Trinajstić information content (AvgIpc) is 3.08. The molecule has 0 aromatic carbocycles. The number of hydrogen-bond donors (Lipinski definition) is 2. The van der Waals surface area contributed by atoms with E-state index in [4.69, 9.17) is 0 Å². The minimum absolute atomic E-state index is 0.518. The fourth-order valence-electron chi connectivity index (χ4n) is 2.48. The highest BCUT2D eigenvalue weighted by atomic mass is 16.1. The number of hydrazine groups is 2. The molecule has 1 aliphatic carbocycles. The lowest BCUT2D eigenvalue weighted by atomic mass is 10.2. The molecule has 1 fully saturated rings. The Morgan fingerprint density at radius 1 is 1.35 bits per heavy atom. The Balaban J connectivity index is 1.57. The summed E-state index contributed by atoms with van der Waals surface area (Å²) in [5.41, 5.74) is 9.50. The van der Waals surface area contributed by atoms with E-state index >= 15 is 0 Å². The summed E-state index contributed by atoms with van der Waals surface area (Å²) in [6, 6.07) is 4.24. The maximum Gasteiger partial charge on any atom is 0.168 e. The summed E-state index contributed by atoms with van der Waals surface area (Å²) in [5.74, 6) is 0.743. The second kappa shape index (κ2) is 4.35. The van der Waals surface area contributed by atoms with Gasteiger partial charge in [0.15, 0.2) is 6.29 Å². The number of aromatic nitrogens is 2. The average molecular weight is 269 g/mol. The molecule has 0 bridgehead atoms. The highest BCUT2D eigenvalue weighted by Crippen LogP contribution is 2.39. The van der Waals surface area contributed by atoms with Crippen molar-refractivity contribution in [2.24, 2.45) is 0 Å². The molecule has 20 heavy (non-hydrogen) atoms. The molecule has 102 valence electrons. The normalized spacial score (nSPS) is 18.2. The van der Waals surface area contributed by atoms with Crippen molar-refractivity contribution in [1.29, 1.82) is 0 Å². The molecule has 2 aromatic heterocycles. The Morgan fingerprint density at radius 2 is 2.25 bits per heavy atom. The van der Waals surface area contributed by atoms with Crippen molar-refractivity contribution in [2.45, 2.75) is 25.3 Å². The lowest BCUT2D eigenvalue weighted by molar-refractivity contribution is -0.105. The van der Waals surface area contributed by atoms with Gasteiger partial charge in [0.05, 0.1) is 12.2 Å². The Bertz CT molecular complexity index is 701. The third-order valence-electron chi connectivity index (χ3n) is 3.67. The molecule has 2 aromatic rings. The van der Waals surface area contributed by atoms with Gasteiger partial charge in [0.25, 0.3) is 0 Å². The van der Waals surface area contributed by atoms with Gasteiger partial charge in [-0.2, -0.15) is 0 Å². The monoisotopic (exact) mass is 269 g/mol. The number of fused-ring (bicyclic) bond motifs is 1. The molecule has 0 spiro atoms. The zero-order chi connectivity index (χ0) is 13.5. The summed E-state index contributed by atoms with van der Waals surface area (Å²) in [4.78, 5) is 15.2. The van der Waals surface area contributed by atoms with Crippen molar-refractivity contribution in [3.63, 3.8) is 0 Å². The van der Waals surface area contributed by atoms with Crippen LogP contribution in [0.2, 0.25) is 0 Å². The van der Waals surface area contributed by atoms with Crippen molar-refractivity contribution in [3.8, 4) is 0 Å². The van der Waals surface area contributed by atoms with Gasteiger partial charge in [0.2, 0.25) is 0 Å². The highest BCUT2D eigenvalue weighted by molar-refractivity contribution is 5.72. The molecular formula is C14H15N5O. The number of carbonyl (C=O) groups excluding carboxylic acids is 1. The molecule has 1 aliphatic heterocycles. The van der Waals surface area contributed by atoms with E-state index in [0.717, 1.165) is 23.5 Å². The van der Waals surface area contributed by atoms with Gasteiger partial charge in [-0.1, -0.05) is 6.07 Å². The fraction of sp³-hybridized carbons (Fsp3) is 0.286. The van der Waals surface area contributed by atoms with E-state index in [-0.39, 0.29) is 0 Å². The molecule has 2 N–H and O–H groups in total. The molecule has 0 atom stereocenters. The summed E-state index contributed by atoms with van der Waals surface area (Å²) in [6.07, 6.45) is 9.32. The van der Waals surface area contributed by atoms with Crippen LogP contribution in [0.25, 0.3) is 5.65 Å². The Morgan fingerprint density at radius 3 is 3.00 bits per heavy atom. The van der Waals surface area contributed by atoms with Gasteiger partial charge in [0.1, 0.15) is 11.3 Å². The van der Waals surface area contributed by atoms with Crippen LogP contribution in [0, 0.1) is 0 Å². The van der Waals surface area contributed by atoms with Crippen molar-refractivity contribution in [1.82, 2.24) is 25.4 Å². The van der Waals surface area contributed by atoms with Crippen LogP contribution in [-0.2, 0) is 11.3 Å². The first kappa shape index (κ1) is 11.5. The van der Waals surface area contributed by atoms with Crippen LogP contribution < -0.4 is 11.0 Å². The topological polar surface area (TPSA) is 61.7 Å². The molecule has 6 nitrogen and oxygen atoms in total. The van der Waals surface area contributed by atoms with Crippen molar-refractivity contribution >= 4 is 11.9 Å². The molecule has 3 heterocycles. The summed E-state index contributed by atoms with van der Waals surface area (Å²) in [5, 5.41) is 1.80. The number of carbonyl (C=O) groups is 1. The van der Waals surface area contributed by atoms with Crippen LogP contribution in [0.1, 0.15) is 30.0 Å². The third-order valence-corrected chi connectivity index (χ3v) is 3.67. The van der Waals surface area contributed by atoms with Crippen LogP contribution in [0.15, 0.2) is 36.4 Å². The van der Waals surface area contributed by atoms with Gasteiger partial charge in [-0.15, -0.1) is 5.53 Å². The lowest BCUT2D eigenvalue weighted by Gasteiger charge is -2.12. The second-order valence-corrected chi connectivity index (χ2v) is 5.30. The number of rotatable bonds is 4. The zero-order valence-electron chi connectivity index (χ0n) is 10.9. The highest BCUT2D eigenvalue weighted by Gasteiger charge is 2.23. The largest absolute Gasteiger partial charge is 0.306 e. The third kappa shape index (κ3) is 2.04. The van der Waals surface area contributed by atoms with Crippen LogP contribution in [0.3, 0.4) is 0 Å². The number of allylic oxidation sites excluding steroid dienone is 1. The number of aldehydes is 1. The summed E-state index contributed by atoms with van der Waals surface area (Å²) in [7, 11) is 0. The number of pyridine rings is 1. The van der Waals surface area contributed by atoms with Crippen LogP contribution in [0.5, 0.6) is 0 Å². The first-order valence-electron chi connectivity index (χ1n) is 6.75.